The highest BCUT2D eigenvalue weighted by Gasteiger charge is 2.16. The van der Waals surface area contributed by atoms with Gasteiger partial charge in [0.2, 0.25) is 5.91 Å². The van der Waals surface area contributed by atoms with Crippen LogP contribution in [0.25, 0.3) is 0 Å². The number of piperidine rings is 1. The van der Waals surface area contributed by atoms with Gasteiger partial charge in [-0.05, 0) is 45.0 Å². The Morgan fingerprint density at radius 3 is 2.46 bits per heavy atom. The van der Waals surface area contributed by atoms with Gasteiger partial charge in [-0.3, -0.25) is 9.59 Å². The predicted octanol–water partition coefficient (Wildman–Crippen LogP) is 4.04. The number of likely N-dealkylation sites (tertiary alicyclic amines) is 1. The maximum Gasteiger partial charge on any atom is 0.225 e. The van der Waals surface area contributed by atoms with Crippen molar-refractivity contribution in [2.45, 2.75) is 32.6 Å². The molecule has 0 radical (unpaired) electrons. The van der Waals surface area contributed by atoms with Crippen LogP contribution in [0.15, 0.2) is 48.5 Å². The van der Waals surface area contributed by atoms with Crippen LogP contribution in [0.1, 0.15) is 47.2 Å². The molecule has 1 amide bonds. The van der Waals surface area contributed by atoms with E-state index in [1.807, 2.05) is 43.3 Å². The molecule has 136 valence electrons. The molecule has 1 fully saturated rings. The number of benzene rings is 2. The van der Waals surface area contributed by atoms with E-state index >= 15 is 0 Å². The van der Waals surface area contributed by atoms with Crippen LogP contribution in [0.2, 0.25) is 0 Å². The van der Waals surface area contributed by atoms with Gasteiger partial charge in [0.05, 0.1) is 5.69 Å². The maximum absolute atomic E-state index is 12.8. The summed E-state index contributed by atoms with van der Waals surface area (Å²) in [5, 5.41) is 2.94. The largest absolute Gasteiger partial charge is 0.325 e. The third-order valence-corrected chi connectivity index (χ3v) is 4.83. The molecule has 1 saturated heterocycles. The second-order valence-electron chi connectivity index (χ2n) is 6.94. The molecule has 0 atom stereocenters. The molecule has 4 nitrogen and oxygen atoms in total. The fraction of sp³-hybridized carbons (Fsp3) is 0.364. The summed E-state index contributed by atoms with van der Waals surface area (Å²) in [7, 11) is 0. The minimum Gasteiger partial charge on any atom is -0.325 e. The second-order valence-corrected chi connectivity index (χ2v) is 6.94. The van der Waals surface area contributed by atoms with Crippen LogP contribution < -0.4 is 5.32 Å². The highest BCUT2D eigenvalue weighted by Crippen LogP contribution is 2.21. The van der Waals surface area contributed by atoms with Crippen molar-refractivity contribution in [3.63, 3.8) is 0 Å². The van der Waals surface area contributed by atoms with Crippen LogP contribution in [0, 0.1) is 6.92 Å². The van der Waals surface area contributed by atoms with Crippen LogP contribution in [-0.2, 0) is 4.79 Å². The van der Waals surface area contributed by atoms with E-state index in [-0.39, 0.29) is 11.7 Å². The first-order chi connectivity index (χ1) is 12.6. The van der Waals surface area contributed by atoms with E-state index in [1.54, 1.807) is 12.1 Å². The maximum atomic E-state index is 12.8. The monoisotopic (exact) mass is 350 g/mol. The number of hydrogen-bond acceptors (Lipinski definition) is 3. The number of amides is 1. The summed E-state index contributed by atoms with van der Waals surface area (Å²) >= 11 is 0. The predicted molar refractivity (Wildman–Crippen MR) is 105 cm³/mol. The quantitative estimate of drug-likeness (QED) is 0.800. The summed E-state index contributed by atoms with van der Waals surface area (Å²) in [6.45, 7) is 4.88. The minimum absolute atomic E-state index is 0.0402. The first kappa shape index (κ1) is 18.3. The molecule has 26 heavy (non-hydrogen) atoms. The molecule has 4 heteroatoms. The van der Waals surface area contributed by atoms with E-state index < -0.39 is 0 Å². The molecule has 1 heterocycles. The van der Waals surface area contributed by atoms with Gasteiger partial charge < -0.3 is 10.2 Å². The molecule has 0 bridgehead atoms. The van der Waals surface area contributed by atoms with Crippen molar-refractivity contribution < 1.29 is 9.59 Å². The van der Waals surface area contributed by atoms with Crippen molar-refractivity contribution in [1.82, 2.24) is 4.90 Å². The molecule has 0 saturated carbocycles. The number of carbonyl (C=O) groups excluding carboxylic acids is 2. The average molecular weight is 350 g/mol. The first-order valence-corrected chi connectivity index (χ1v) is 9.36. The molecular weight excluding hydrogens is 324 g/mol. The van der Waals surface area contributed by atoms with Crippen molar-refractivity contribution in [1.29, 1.82) is 0 Å². The van der Waals surface area contributed by atoms with E-state index in [0.29, 0.717) is 23.2 Å². The van der Waals surface area contributed by atoms with Crippen LogP contribution in [0.5, 0.6) is 0 Å². The summed E-state index contributed by atoms with van der Waals surface area (Å²) in [5.41, 5.74) is 2.76. The number of nitrogens with zero attached hydrogens (tertiary/aromatic N) is 1. The summed E-state index contributed by atoms with van der Waals surface area (Å²) in [5.74, 6) is -0.109. The highest BCUT2D eigenvalue weighted by atomic mass is 16.1. The lowest BCUT2D eigenvalue weighted by molar-refractivity contribution is -0.116. The molecule has 3 rings (SSSR count). The summed E-state index contributed by atoms with van der Waals surface area (Å²) in [6.07, 6.45) is 4.18. The van der Waals surface area contributed by atoms with Crippen molar-refractivity contribution in [2.75, 3.05) is 25.0 Å². The normalized spacial score (nSPS) is 14.8. The molecule has 0 aliphatic carbocycles. The number of rotatable bonds is 6. The topological polar surface area (TPSA) is 49.4 Å². The number of ketones is 1. The Balaban J connectivity index is 1.69. The molecule has 2 aromatic carbocycles. The number of nitrogens with one attached hydrogen (secondary N) is 1. The number of hydrogen-bond donors (Lipinski definition) is 1. The van der Waals surface area contributed by atoms with Gasteiger partial charge in [-0.1, -0.05) is 48.4 Å². The Kier molecular flexibility index (Phi) is 6.18. The van der Waals surface area contributed by atoms with Crippen molar-refractivity contribution in [3.8, 4) is 0 Å². The second kappa shape index (κ2) is 8.77. The zero-order valence-corrected chi connectivity index (χ0v) is 15.3. The van der Waals surface area contributed by atoms with Gasteiger partial charge in [-0.15, -0.1) is 0 Å². The summed E-state index contributed by atoms with van der Waals surface area (Å²) in [4.78, 5) is 27.6. The van der Waals surface area contributed by atoms with Gasteiger partial charge in [0.1, 0.15) is 0 Å². The van der Waals surface area contributed by atoms with E-state index in [0.717, 1.165) is 25.2 Å². The zero-order valence-electron chi connectivity index (χ0n) is 15.3. The fourth-order valence-electron chi connectivity index (χ4n) is 3.36. The smallest absolute Gasteiger partial charge is 0.225 e. The standard InChI is InChI=1S/C22H26N2O2/c1-17-10-11-20(19(16-17)22(26)18-8-4-2-5-9-18)23-21(25)12-15-24-13-6-3-7-14-24/h2,4-5,8-11,16H,3,6-7,12-15H2,1H3,(H,23,25). The first-order valence-electron chi connectivity index (χ1n) is 9.36. The van der Waals surface area contributed by atoms with E-state index in [2.05, 4.69) is 10.2 Å². The molecular formula is C22H26N2O2. The number of anilines is 1. The van der Waals surface area contributed by atoms with Gasteiger partial charge in [0.15, 0.2) is 5.78 Å². The Labute approximate surface area is 155 Å². The molecule has 2 aromatic rings. The van der Waals surface area contributed by atoms with Crippen molar-refractivity contribution >= 4 is 17.4 Å². The van der Waals surface area contributed by atoms with E-state index in [9.17, 15) is 9.59 Å². The Morgan fingerprint density at radius 1 is 1.00 bits per heavy atom. The molecule has 1 aliphatic heterocycles. The van der Waals surface area contributed by atoms with Crippen molar-refractivity contribution in [3.05, 3.63) is 65.2 Å². The number of aryl methyl sites for hydroxylation is 1. The average Bonchev–Trinajstić information content (AvgIpc) is 2.69. The highest BCUT2D eigenvalue weighted by molar-refractivity contribution is 6.13. The fourth-order valence-corrected chi connectivity index (χ4v) is 3.36. The third-order valence-electron chi connectivity index (χ3n) is 4.83. The number of carbonyl (C=O) groups is 2. The van der Waals surface area contributed by atoms with E-state index in [4.69, 9.17) is 0 Å². The van der Waals surface area contributed by atoms with Gasteiger partial charge in [-0.25, -0.2) is 0 Å². The van der Waals surface area contributed by atoms with Crippen LogP contribution >= 0.6 is 0 Å². The summed E-state index contributed by atoms with van der Waals surface area (Å²) < 4.78 is 0. The van der Waals surface area contributed by atoms with Gasteiger partial charge in [-0.2, -0.15) is 0 Å². The molecule has 1 N–H and O–H groups in total. The van der Waals surface area contributed by atoms with Gasteiger partial charge in [0.25, 0.3) is 0 Å². The lowest BCUT2D eigenvalue weighted by Crippen LogP contribution is -2.32. The van der Waals surface area contributed by atoms with Crippen LogP contribution in [-0.4, -0.2) is 36.2 Å². The van der Waals surface area contributed by atoms with Crippen LogP contribution in [0.3, 0.4) is 0 Å². The third kappa shape index (κ3) is 4.79. The van der Waals surface area contributed by atoms with Gasteiger partial charge in [0, 0.05) is 24.1 Å². The Hall–Kier alpha value is -2.46. The molecule has 0 spiro atoms. The SMILES string of the molecule is Cc1ccc(NC(=O)CCN2CCCCC2)c(C(=O)c2ccccc2)c1. The molecule has 1 aliphatic rings. The Bertz CT molecular complexity index is 765. The molecule has 0 aromatic heterocycles. The lowest BCUT2D eigenvalue weighted by atomic mass is 9.99. The van der Waals surface area contributed by atoms with Crippen LogP contribution in [0.4, 0.5) is 5.69 Å². The molecule has 0 unspecified atom stereocenters. The summed E-state index contributed by atoms with van der Waals surface area (Å²) in [6, 6.07) is 14.8. The lowest BCUT2D eigenvalue weighted by Gasteiger charge is -2.26. The van der Waals surface area contributed by atoms with E-state index in [1.165, 1.54) is 19.3 Å². The Morgan fingerprint density at radius 2 is 1.73 bits per heavy atom. The minimum atomic E-state index is -0.0689. The van der Waals surface area contributed by atoms with Crippen molar-refractivity contribution in [2.24, 2.45) is 0 Å². The van der Waals surface area contributed by atoms with Gasteiger partial charge >= 0.3 is 0 Å². The zero-order chi connectivity index (χ0) is 18.4.